The van der Waals surface area contributed by atoms with Gasteiger partial charge in [0.25, 0.3) is 0 Å². The molecule has 0 unspecified atom stereocenters. The number of nitrogens with one attached hydrogen (secondary N) is 1. The van der Waals surface area contributed by atoms with Crippen molar-refractivity contribution in [3.05, 3.63) is 23.5 Å². The molecule has 5 heterocycles. The first-order valence-corrected chi connectivity index (χ1v) is 12.0. The number of aromatic nitrogens is 2. The molecule has 0 aliphatic carbocycles. The Morgan fingerprint density at radius 3 is 2.30 bits per heavy atom. The first kappa shape index (κ1) is 22.9. The van der Waals surface area contributed by atoms with Crippen molar-refractivity contribution in [3.8, 4) is 0 Å². The van der Waals surface area contributed by atoms with Crippen LogP contribution in [0.5, 0.6) is 0 Å². The Morgan fingerprint density at radius 2 is 1.73 bits per heavy atom. The number of hydrogen-bond acceptors (Lipinski definition) is 7. The van der Waals surface area contributed by atoms with Gasteiger partial charge in [-0.2, -0.15) is 13.2 Å². The molecule has 1 spiro atoms. The second kappa shape index (κ2) is 8.39. The number of nitrogens with zero attached hydrogens (tertiary/aromatic N) is 6. The predicted octanol–water partition coefficient (Wildman–Crippen LogP) is 2.21. The van der Waals surface area contributed by atoms with Crippen molar-refractivity contribution < 1.29 is 13.2 Å². The van der Waals surface area contributed by atoms with Crippen LogP contribution in [0.1, 0.15) is 32.5 Å². The number of anilines is 2. The topological polar surface area (TPSA) is 50.8 Å². The van der Waals surface area contributed by atoms with E-state index in [4.69, 9.17) is 0 Å². The highest BCUT2D eigenvalue weighted by atomic mass is 19.4. The largest absolute Gasteiger partial charge is 0.451 e. The third-order valence-corrected chi connectivity index (χ3v) is 8.35. The van der Waals surface area contributed by atoms with Gasteiger partial charge in [-0.1, -0.05) is 11.6 Å². The highest BCUT2D eigenvalue weighted by Crippen LogP contribution is 2.40. The number of likely N-dealkylation sites (N-methyl/N-ethyl adjacent to an activating group) is 1. The lowest BCUT2D eigenvalue weighted by Crippen LogP contribution is -2.68. The number of rotatable bonds is 3. The molecule has 7 nitrogen and oxygen atoms in total. The van der Waals surface area contributed by atoms with E-state index >= 15 is 0 Å². The van der Waals surface area contributed by atoms with Gasteiger partial charge in [-0.15, -0.1) is 0 Å². The number of piperidine rings is 1. The van der Waals surface area contributed by atoms with E-state index in [9.17, 15) is 13.2 Å². The molecule has 2 atom stereocenters. The summed E-state index contributed by atoms with van der Waals surface area (Å²) in [4.78, 5) is 16.7. The maximum absolute atomic E-state index is 13.7. The van der Waals surface area contributed by atoms with E-state index in [2.05, 4.69) is 52.1 Å². The molecular weight excluding hydrogens is 431 g/mol. The maximum Gasteiger partial charge on any atom is 0.451 e. The normalized spacial score (nSPS) is 28.8. The van der Waals surface area contributed by atoms with E-state index in [1.807, 2.05) is 9.80 Å². The van der Waals surface area contributed by atoms with Crippen LogP contribution in [0.15, 0.2) is 17.7 Å². The molecule has 0 bridgehead atoms. The van der Waals surface area contributed by atoms with Crippen molar-refractivity contribution in [2.45, 2.75) is 50.5 Å². The van der Waals surface area contributed by atoms with Gasteiger partial charge in [-0.05, 0) is 33.7 Å². The third kappa shape index (κ3) is 4.00. The minimum absolute atomic E-state index is 0.0295. The van der Waals surface area contributed by atoms with E-state index in [0.717, 1.165) is 45.6 Å². The SMILES string of the molecule is CC1=CCN(C)C12CCN(c1cc(N3C[C@@H](N4CCNCC4)[C@H]3C)nc(C(F)(F)F)n1)CC2. The molecule has 33 heavy (non-hydrogen) atoms. The molecule has 3 fully saturated rings. The molecule has 0 amide bonds. The second-order valence-corrected chi connectivity index (χ2v) is 9.94. The summed E-state index contributed by atoms with van der Waals surface area (Å²) in [5.74, 6) is -0.259. The van der Waals surface area contributed by atoms with Crippen LogP contribution in [0.4, 0.5) is 24.8 Å². The minimum Gasteiger partial charge on any atom is -0.356 e. The zero-order chi connectivity index (χ0) is 23.4. The smallest absolute Gasteiger partial charge is 0.356 e. The van der Waals surface area contributed by atoms with E-state index in [1.54, 1.807) is 6.07 Å². The van der Waals surface area contributed by atoms with E-state index < -0.39 is 12.0 Å². The van der Waals surface area contributed by atoms with Gasteiger partial charge in [0.15, 0.2) is 0 Å². The average molecular weight is 466 g/mol. The zero-order valence-electron chi connectivity index (χ0n) is 19.7. The lowest BCUT2D eigenvalue weighted by atomic mass is 9.82. The summed E-state index contributed by atoms with van der Waals surface area (Å²) in [6, 6.07) is 2.23. The summed E-state index contributed by atoms with van der Waals surface area (Å²) in [6.45, 7) is 11.1. The van der Waals surface area contributed by atoms with Crippen LogP contribution in [-0.4, -0.2) is 96.8 Å². The number of alkyl halides is 3. The zero-order valence-corrected chi connectivity index (χ0v) is 19.7. The lowest BCUT2D eigenvalue weighted by molar-refractivity contribution is -0.144. The van der Waals surface area contributed by atoms with Crippen molar-refractivity contribution in [2.75, 3.05) is 69.2 Å². The Morgan fingerprint density at radius 1 is 1.06 bits per heavy atom. The molecule has 5 rings (SSSR count). The van der Waals surface area contributed by atoms with Gasteiger partial charge in [0.1, 0.15) is 11.6 Å². The van der Waals surface area contributed by atoms with Crippen molar-refractivity contribution in [1.29, 1.82) is 0 Å². The number of halogens is 3. The van der Waals surface area contributed by atoms with Crippen LogP contribution in [-0.2, 0) is 6.18 Å². The third-order valence-electron chi connectivity index (χ3n) is 8.35. The monoisotopic (exact) mass is 465 g/mol. The van der Waals surface area contributed by atoms with E-state index in [-0.39, 0.29) is 11.6 Å². The Labute approximate surface area is 193 Å². The van der Waals surface area contributed by atoms with Crippen molar-refractivity contribution in [3.63, 3.8) is 0 Å². The molecule has 4 aliphatic heterocycles. The maximum atomic E-state index is 13.7. The van der Waals surface area contributed by atoms with Gasteiger partial charge < -0.3 is 15.1 Å². The summed E-state index contributed by atoms with van der Waals surface area (Å²) in [5, 5.41) is 3.35. The van der Waals surface area contributed by atoms with Gasteiger partial charge in [0.05, 0.1) is 0 Å². The van der Waals surface area contributed by atoms with E-state index in [0.29, 0.717) is 37.3 Å². The highest BCUT2D eigenvalue weighted by Gasteiger charge is 2.45. The predicted molar refractivity (Wildman–Crippen MR) is 123 cm³/mol. The first-order chi connectivity index (χ1) is 15.7. The molecule has 1 N–H and O–H groups in total. The molecule has 1 aromatic rings. The van der Waals surface area contributed by atoms with Gasteiger partial charge in [0.2, 0.25) is 5.82 Å². The first-order valence-electron chi connectivity index (χ1n) is 12.0. The molecule has 1 aromatic heterocycles. The molecule has 3 saturated heterocycles. The van der Waals surface area contributed by atoms with Crippen LogP contribution in [0.25, 0.3) is 0 Å². The molecule has 4 aliphatic rings. The lowest BCUT2D eigenvalue weighted by Gasteiger charge is -2.53. The summed E-state index contributed by atoms with van der Waals surface area (Å²) in [7, 11) is 2.13. The van der Waals surface area contributed by atoms with Gasteiger partial charge in [-0.25, -0.2) is 9.97 Å². The molecule has 182 valence electrons. The van der Waals surface area contributed by atoms with Crippen molar-refractivity contribution in [2.24, 2.45) is 0 Å². The highest BCUT2D eigenvalue weighted by molar-refractivity contribution is 5.55. The fourth-order valence-electron chi connectivity index (χ4n) is 6.01. The minimum atomic E-state index is -4.57. The summed E-state index contributed by atoms with van der Waals surface area (Å²) in [5.41, 5.74) is 1.40. The second-order valence-electron chi connectivity index (χ2n) is 9.94. The Kier molecular flexibility index (Phi) is 5.81. The van der Waals surface area contributed by atoms with Gasteiger partial charge in [-0.3, -0.25) is 9.80 Å². The van der Waals surface area contributed by atoms with Crippen LogP contribution >= 0.6 is 0 Å². The van der Waals surface area contributed by atoms with Crippen molar-refractivity contribution >= 4 is 11.6 Å². The number of piperazine rings is 1. The molecule has 10 heteroatoms. The standard InChI is InChI=1S/C23H34F3N7/c1-16-4-9-30(3)22(16)5-10-32(11-6-22)19-14-20(29-21(28-19)23(24,25)26)33-15-18(17(33)2)31-12-7-27-8-13-31/h4,14,17-18,27H,5-13,15H2,1-3H3/t17-,18-/m1/s1. The summed E-state index contributed by atoms with van der Waals surface area (Å²) >= 11 is 0. The Bertz CT molecular complexity index is 904. The molecule has 0 radical (unpaired) electrons. The van der Waals surface area contributed by atoms with Gasteiger partial charge in [0, 0.05) is 76.0 Å². The van der Waals surface area contributed by atoms with Crippen molar-refractivity contribution in [1.82, 2.24) is 25.1 Å². The fraction of sp³-hybridized carbons (Fsp3) is 0.739. The van der Waals surface area contributed by atoms with Crippen LogP contribution in [0.2, 0.25) is 0 Å². The van der Waals surface area contributed by atoms with Crippen LogP contribution in [0, 0.1) is 0 Å². The fourth-order valence-corrected chi connectivity index (χ4v) is 6.01. The summed E-state index contributed by atoms with van der Waals surface area (Å²) in [6.07, 6.45) is -0.533. The van der Waals surface area contributed by atoms with Crippen LogP contribution in [0.3, 0.4) is 0 Å². The summed E-state index contributed by atoms with van der Waals surface area (Å²) < 4.78 is 41.2. The average Bonchev–Trinajstić information content (AvgIpc) is 3.07. The van der Waals surface area contributed by atoms with Gasteiger partial charge >= 0.3 is 6.18 Å². The van der Waals surface area contributed by atoms with Crippen LogP contribution < -0.4 is 15.1 Å². The van der Waals surface area contributed by atoms with E-state index in [1.165, 1.54) is 5.57 Å². The Balaban J connectivity index is 1.36. The quantitative estimate of drug-likeness (QED) is 0.687. The molecule has 0 saturated carbocycles. The molecular formula is C23H34F3N7. The number of hydrogen-bond donors (Lipinski definition) is 1. The Hall–Kier alpha value is -1.91. The molecule has 0 aromatic carbocycles.